The molecule has 1 atom stereocenters. The van der Waals surface area contributed by atoms with E-state index in [4.69, 9.17) is 4.42 Å². The summed E-state index contributed by atoms with van der Waals surface area (Å²) in [6.45, 7) is 0.389. The second-order valence-corrected chi connectivity index (χ2v) is 6.60. The van der Waals surface area contributed by atoms with Crippen LogP contribution in [0.4, 0.5) is 0 Å². The first-order valence-electron chi connectivity index (χ1n) is 8.24. The number of thiophene rings is 1. The third-order valence-corrected chi connectivity index (χ3v) is 4.86. The molecule has 1 N–H and O–H groups in total. The van der Waals surface area contributed by atoms with E-state index in [0.717, 1.165) is 11.3 Å². The molecule has 3 heterocycles. The third-order valence-electron chi connectivity index (χ3n) is 4.17. The predicted molar refractivity (Wildman–Crippen MR) is 101 cm³/mol. The van der Waals surface area contributed by atoms with Crippen LogP contribution in [0.5, 0.6) is 0 Å². The summed E-state index contributed by atoms with van der Waals surface area (Å²) >= 11 is 1.66. The Kier molecular flexibility index (Phi) is 4.66. The van der Waals surface area contributed by atoms with Crippen molar-refractivity contribution in [3.8, 4) is 11.1 Å². The van der Waals surface area contributed by atoms with Crippen LogP contribution >= 0.6 is 11.3 Å². The second kappa shape index (κ2) is 7.41. The molecule has 4 rings (SSSR count). The van der Waals surface area contributed by atoms with Gasteiger partial charge in [0.15, 0.2) is 0 Å². The van der Waals surface area contributed by atoms with Gasteiger partial charge in [-0.2, -0.15) is 16.4 Å². The van der Waals surface area contributed by atoms with Crippen molar-refractivity contribution in [2.45, 2.75) is 6.04 Å². The van der Waals surface area contributed by atoms with Crippen molar-refractivity contribution < 1.29 is 9.21 Å². The van der Waals surface area contributed by atoms with Crippen molar-refractivity contribution in [1.82, 2.24) is 15.1 Å². The molecule has 0 fully saturated rings. The van der Waals surface area contributed by atoms with Gasteiger partial charge in [-0.05, 0) is 58.3 Å². The number of hydrogen-bond acceptors (Lipinski definition) is 4. The van der Waals surface area contributed by atoms with Crippen molar-refractivity contribution >= 4 is 17.2 Å². The largest absolute Gasteiger partial charge is 0.467 e. The summed E-state index contributed by atoms with van der Waals surface area (Å²) in [5.41, 5.74) is 2.90. The van der Waals surface area contributed by atoms with Gasteiger partial charge in [0.25, 0.3) is 5.91 Å². The Balaban J connectivity index is 1.45. The zero-order valence-corrected chi connectivity index (χ0v) is 14.7. The molecule has 130 valence electrons. The first kappa shape index (κ1) is 16.4. The maximum atomic E-state index is 12.5. The standard InChI is InChI=1S/C20H17N3O2S/c24-20(16-6-4-15(5-7-16)17-8-12-26-14-17)21-13-18(19-3-1-11-25-19)23-10-2-9-22-23/h1-12,14,18H,13H2,(H,21,24). The van der Waals surface area contributed by atoms with Crippen molar-refractivity contribution in [3.63, 3.8) is 0 Å². The van der Waals surface area contributed by atoms with Gasteiger partial charge < -0.3 is 9.73 Å². The van der Waals surface area contributed by atoms with Crippen LogP contribution in [-0.2, 0) is 0 Å². The second-order valence-electron chi connectivity index (χ2n) is 5.82. The highest BCUT2D eigenvalue weighted by Gasteiger charge is 2.18. The van der Waals surface area contributed by atoms with Crippen molar-refractivity contribution in [2.24, 2.45) is 0 Å². The molecular weight excluding hydrogens is 346 g/mol. The molecule has 6 heteroatoms. The fraction of sp³-hybridized carbons (Fsp3) is 0.100. The zero-order chi connectivity index (χ0) is 17.8. The summed E-state index contributed by atoms with van der Waals surface area (Å²) in [5.74, 6) is 0.632. The number of benzene rings is 1. The van der Waals surface area contributed by atoms with Crippen LogP contribution in [0.3, 0.4) is 0 Å². The van der Waals surface area contributed by atoms with E-state index in [1.807, 2.05) is 54.0 Å². The van der Waals surface area contributed by atoms with Gasteiger partial charge in [-0.15, -0.1) is 0 Å². The molecule has 0 aliphatic carbocycles. The normalized spacial score (nSPS) is 12.0. The van der Waals surface area contributed by atoms with E-state index in [9.17, 15) is 4.79 Å². The SMILES string of the molecule is O=C(NCC(c1ccco1)n1cccn1)c1ccc(-c2ccsc2)cc1. The molecule has 4 aromatic rings. The number of nitrogens with zero attached hydrogens (tertiary/aromatic N) is 2. The van der Waals surface area contributed by atoms with E-state index in [0.29, 0.717) is 12.1 Å². The lowest BCUT2D eigenvalue weighted by Gasteiger charge is -2.16. The summed E-state index contributed by atoms with van der Waals surface area (Å²) in [7, 11) is 0. The topological polar surface area (TPSA) is 60.1 Å². The Morgan fingerprint density at radius 3 is 2.69 bits per heavy atom. The van der Waals surface area contributed by atoms with E-state index in [2.05, 4.69) is 21.9 Å². The Morgan fingerprint density at radius 2 is 2.04 bits per heavy atom. The Bertz CT molecular complexity index is 909. The van der Waals surface area contributed by atoms with E-state index < -0.39 is 0 Å². The maximum Gasteiger partial charge on any atom is 0.251 e. The number of nitrogens with one attached hydrogen (secondary N) is 1. The van der Waals surface area contributed by atoms with Crippen LogP contribution in [-0.4, -0.2) is 22.2 Å². The number of furan rings is 1. The Labute approximate surface area is 154 Å². The van der Waals surface area contributed by atoms with Crippen LogP contribution in [0.2, 0.25) is 0 Å². The van der Waals surface area contributed by atoms with E-state index >= 15 is 0 Å². The van der Waals surface area contributed by atoms with Gasteiger partial charge in [-0.3, -0.25) is 9.48 Å². The Hall–Kier alpha value is -3.12. The van der Waals surface area contributed by atoms with Gasteiger partial charge in [-0.1, -0.05) is 12.1 Å². The monoisotopic (exact) mass is 363 g/mol. The molecular formula is C20H17N3O2S. The van der Waals surface area contributed by atoms with Crippen molar-refractivity contribution in [2.75, 3.05) is 6.54 Å². The molecule has 0 saturated heterocycles. The zero-order valence-electron chi connectivity index (χ0n) is 13.9. The molecule has 0 bridgehead atoms. The number of hydrogen-bond donors (Lipinski definition) is 1. The minimum Gasteiger partial charge on any atom is -0.467 e. The highest BCUT2D eigenvalue weighted by atomic mass is 32.1. The lowest BCUT2D eigenvalue weighted by molar-refractivity contribution is 0.0948. The van der Waals surface area contributed by atoms with Crippen LogP contribution < -0.4 is 5.32 Å². The minimum absolute atomic E-state index is 0.120. The molecule has 0 aliphatic rings. The Morgan fingerprint density at radius 1 is 1.15 bits per heavy atom. The first-order valence-corrected chi connectivity index (χ1v) is 9.19. The molecule has 1 aromatic carbocycles. The molecule has 1 amide bonds. The molecule has 3 aromatic heterocycles. The molecule has 0 saturated carbocycles. The van der Waals surface area contributed by atoms with Gasteiger partial charge in [0, 0.05) is 24.5 Å². The van der Waals surface area contributed by atoms with Gasteiger partial charge in [0.05, 0.1) is 6.26 Å². The van der Waals surface area contributed by atoms with Crippen LogP contribution in [0.25, 0.3) is 11.1 Å². The van der Waals surface area contributed by atoms with E-state index in [1.165, 1.54) is 5.56 Å². The number of rotatable bonds is 6. The highest BCUT2D eigenvalue weighted by Crippen LogP contribution is 2.22. The first-order chi connectivity index (χ1) is 12.8. The fourth-order valence-electron chi connectivity index (χ4n) is 2.80. The maximum absolute atomic E-state index is 12.5. The molecule has 0 radical (unpaired) electrons. The molecule has 1 unspecified atom stereocenters. The van der Waals surface area contributed by atoms with Gasteiger partial charge in [0.1, 0.15) is 11.8 Å². The molecule has 26 heavy (non-hydrogen) atoms. The average molecular weight is 363 g/mol. The van der Waals surface area contributed by atoms with Gasteiger partial charge >= 0.3 is 0 Å². The predicted octanol–water partition coefficient (Wildman–Crippen LogP) is 4.22. The number of carbonyl (C=O) groups excluding carboxylic acids is 1. The number of carbonyl (C=O) groups is 1. The number of amides is 1. The molecule has 0 aliphatic heterocycles. The van der Waals surface area contributed by atoms with Crippen molar-refractivity contribution in [1.29, 1.82) is 0 Å². The lowest BCUT2D eigenvalue weighted by Crippen LogP contribution is -2.31. The van der Waals surface area contributed by atoms with Gasteiger partial charge in [0.2, 0.25) is 0 Å². The molecule has 0 spiro atoms. The van der Waals surface area contributed by atoms with Crippen LogP contribution in [0, 0.1) is 0 Å². The fourth-order valence-corrected chi connectivity index (χ4v) is 3.47. The smallest absolute Gasteiger partial charge is 0.251 e. The van der Waals surface area contributed by atoms with Gasteiger partial charge in [-0.25, -0.2) is 0 Å². The van der Waals surface area contributed by atoms with Crippen LogP contribution in [0.1, 0.15) is 22.2 Å². The number of aromatic nitrogens is 2. The summed E-state index contributed by atoms with van der Waals surface area (Å²) in [6.07, 6.45) is 5.19. The quantitative estimate of drug-likeness (QED) is 0.558. The highest BCUT2D eigenvalue weighted by molar-refractivity contribution is 7.08. The summed E-state index contributed by atoms with van der Waals surface area (Å²) in [4.78, 5) is 12.5. The summed E-state index contributed by atoms with van der Waals surface area (Å²) in [6, 6.07) is 15.1. The van der Waals surface area contributed by atoms with E-state index in [1.54, 1.807) is 28.5 Å². The minimum atomic E-state index is -0.186. The van der Waals surface area contributed by atoms with E-state index in [-0.39, 0.29) is 11.9 Å². The summed E-state index contributed by atoms with van der Waals surface area (Å²) in [5, 5.41) is 11.4. The summed E-state index contributed by atoms with van der Waals surface area (Å²) < 4.78 is 7.28. The molecule has 5 nitrogen and oxygen atoms in total. The van der Waals surface area contributed by atoms with Crippen molar-refractivity contribution in [3.05, 3.63) is 89.3 Å². The lowest BCUT2D eigenvalue weighted by atomic mass is 10.1. The average Bonchev–Trinajstić information content (AvgIpc) is 3.45. The third kappa shape index (κ3) is 3.45. The van der Waals surface area contributed by atoms with Crippen LogP contribution in [0.15, 0.2) is 82.4 Å².